The van der Waals surface area contributed by atoms with Crippen LogP contribution in [0.4, 0.5) is 0 Å². The van der Waals surface area contributed by atoms with E-state index in [-0.39, 0.29) is 0 Å². The second kappa shape index (κ2) is 4.92. The molecule has 0 aliphatic heterocycles. The summed E-state index contributed by atoms with van der Waals surface area (Å²) in [5, 5.41) is 7.52. The Morgan fingerprint density at radius 1 is 0.652 bits per heavy atom. The molecule has 0 bridgehead atoms. The molecule has 0 unspecified atom stereocenters. The Labute approximate surface area is 142 Å². The van der Waals surface area contributed by atoms with Gasteiger partial charge in [0, 0.05) is 14.3 Å². The summed E-state index contributed by atoms with van der Waals surface area (Å²) in [6.45, 7) is 2.13. The molecule has 0 saturated heterocycles. The van der Waals surface area contributed by atoms with E-state index in [4.69, 9.17) is 0 Å². The quantitative estimate of drug-likeness (QED) is 0.304. The Bertz CT molecular complexity index is 1090. The van der Waals surface area contributed by atoms with Crippen molar-refractivity contribution in [3.8, 4) is 10.4 Å². The van der Waals surface area contributed by atoms with Crippen LogP contribution in [0.5, 0.6) is 0 Å². The van der Waals surface area contributed by atoms with Crippen molar-refractivity contribution < 1.29 is 0 Å². The largest absolute Gasteiger partial charge is 0.144 e. The first kappa shape index (κ1) is 13.3. The van der Waals surface area contributed by atoms with E-state index in [1.807, 2.05) is 22.7 Å². The third-order valence-electron chi connectivity index (χ3n) is 4.38. The Morgan fingerprint density at radius 2 is 1.39 bits per heavy atom. The first-order valence-electron chi connectivity index (χ1n) is 7.68. The molecule has 0 N–H and O–H groups in total. The normalized spacial score (nSPS) is 11.7. The van der Waals surface area contributed by atoms with Gasteiger partial charge in [0.2, 0.25) is 0 Å². The van der Waals surface area contributed by atoms with Gasteiger partial charge in [-0.3, -0.25) is 0 Å². The summed E-state index contributed by atoms with van der Waals surface area (Å²) in [6, 6.07) is 22.6. The van der Waals surface area contributed by atoms with Crippen molar-refractivity contribution in [1.82, 2.24) is 0 Å². The molecule has 0 fully saturated rings. The van der Waals surface area contributed by atoms with E-state index in [1.165, 1.54) is 46.9 Å². The average molecular weight is 330 g/mol. The van der Waals surface area contributed by atoms with Gasteiger partial charge in [0.25, 0.3) is 0 Å². The zero-order valence-electron chi connectivity index (χ0n) is 12.7. The second-order valence-electron chi connectivity index (χ2n) is 6.02. The van der Waals surface area contributed by atoms with E-state index in [0.717, 1.165) is 0 Å². The molecule has 0 atom stereocenters. The molecule has 0 aliphatic rings. The Kier molecular flexibility index (Phi) is 2.84. The van der Waals surface area contributed by atoms with Gasteiger partial charge in [0.15, 0.2) is 0 Å². The average Bonchev–Trinajstić information content (AvgIpc) is 3.16. The summed E-state index contributed by atoms with van der Waals surface area (Å²) in [6.07, 6.45) is 0. The van der Waals surface area contributed by atoms with Crippen LogP contribution in [0.25, 0.3) is 41.4 Å². The third kappa shape index (κ3) is 2.18. The predicted molar refractivity (Wildman–Crippen MR) is 105 cm³/mol. The Morgan fingerprint density at radius 3 is 2.22 bits per heavy atom. The summed E-state index contributed by atoms with van der Waals surface area (Å²) >= 11 is 3.69. The van der Waals surface area contributed by atoms with E-state index in [1.54, 1.807) is 0 Å². The SMILES string of the molecule is Cc1ccc(-c2cc3cc4cc5sccc5cc4cc3s2)cc1. The lowest BCUT2D eigenvalue weighted by atomic mass is 10.1. The summed E-state index contributed by atoms with van der Waals surface area (Å²) in [7, 11) is 0. The number of rotatable bonds is 1. The zero-order chi connectivity index (χ0) is 15.4. The highest BCUT2D eigenvalue weighted by Crippen LogP contribution is 2.37. The highest BCUT2D eigenvalue weighted by atomic mass is 32.1. The van der Waals surface area contributed by atoms with E-state index >= 15 is 0 Å². The van der Waals surface area contributed by atoms with Crippen molar-refractivity contribution in [1.29, 1.82) is 0 Å². The number of thiophene rings is 2. The van der Waals surface area contributed by atoms with Crippen molar-refractivity contribution >= 4 is 53.6 Å². The highest BCUT2D eigenvalue weighted by Gasteiger charge is 2.07. The maximum atomic E-state index is 2.34. The van der Waals surface area contributed by atoms with Crippen LogP contribution in [-0.2, 0) is 0 Å². The first-order chi connectivity index (χ1) is 11.3. The maximum Gasteiger partial charge on any atom is 0.0355 e. The minimum Gasteiger partial charge on any atom is -0.144 e. The van der Waals surface area contributed by atoms with Gasteiger partial charge in [0.1, 0.15) is 0 Å². The molecule has 0 nitrogen and oxygen atoms in total. The fraction of sp³-hybridized carbons (Fsp3) is 0.0476. The maximum absolute atomic E-state index is 2.34. The van der Waals surface area contributed by atoms with Crippen LogP contribution < -0.4 is 0 Å². The van der Waals surface area contributed by atoms with Crippen LogP contribution in [0.1, 0.15) is 5.56 Å². The molecule has 0 amide bonds. The molecule has 0 aliphatic carbocycles. The molecule has 0 radical (unpaired) electrons. The van der Waals surface area contributed by atoms with Gasteiger partial charge in [-0.05, 0) is 75.8 Å². The van der Waals surface area contributed by atoms with Gasteiger partial charge in [-0.1, -0.05) is 29.8 Å². The van der Waals surface area contributed by atoms with Crippen LogP contribution in [0.2, 0.25) is 0 Å². The lowest BCUT2D eigenvalue weighted by Gasteiger charge is -1.99. The summed E-state index contributed by atoms with van der Waals surface area (Å²) in [5.41, 5.74) is 2.61. The monoisotopic (exact) mass is 330 g/mol. The van der Waals surface area contributed by atoms with E-state index < -0.39 is 0 Å². The van der Waals surface area contributed by atoms with Crippen molar-refractivity contribution in [2.24, 2.45) is 0 Å². The zero-order valence-corrected chi connectivity index (χ0v) is 14.3. The van der Waals surface area contributed by atoms with Crippen molar-refractivity contribution in [2.75, 3.05) is 0 Å². The van der Waals surface area contributed by atoms with Crippen LogP contribution in [0, 0.1) is 6.92 Å². The minimum atomic E-state index is 1.31. The van der Waals surface area contributed by atoms with Gasteiger partial charge in [-0.25, -0.2) is 0 Å². The molecule has 2 heteroatoms. The minimum absolute atomic E-state index is 1.31. The molecule has 2 heterocycles. The van der Waals surface area contributed by atoms with Crippen molar-refractivity contribution in [3.63, 3.8) is 0 Å². The molecule has 5 aromatic rings. The van der Waals surface area contributed by atoms with Crippen molar-refractivity contribution in [3.05, 3.63) is 71.6 Å². The molecule has 0 spiro atoms. The molecular formula is C21H14S2. The van der Waals surface area contributed by atoms with Crippen LogP contribution in [0.3, 0.4) is 0 Å². The summed E-state index contributed by atoms with van der Waals surface area (Å²) in [4.78, 5) is 1.34. The predicted octanol–water partition coefficient (Wildman–Crippen LogP) is 7.24. The van der Waals surface area contributed by atoms with Crippen LogP contribution in [-0.4, -0.2) is 0 Å². The lowest BCUT2D eigenvalue weighted by molar-refractivity contribution is 1.48. The molecular weight excluding hydrogens is 316 g/mol. The fourth-order valence-corrected chi connectivity index (χ4v) is 5.02. The number of aryl methyl sites for hydroxylation is 1. The van der Waals surface area contributed by atoms with Gasteiger partial charge in [-0.2, -0.15) is 0 Å². The topological polar surface area (TPSA) is 0 Å². The van der Waals surface area contributed by atoms with Gasteiger partial charge in [-0.15, -0.1) is 22.7 Å². The molecule has 23 heavy (non-hydrogen) atoms. The molecule has 0 saturated carbocycles. The van der Waals surface area contributed by atoms with E-state index in [9.17, 15) is 0 Å². The van der Waals surface area contributed by atoms with E-state index in [2.05, 4.69) is 73.0 Å². The van der Waals surface area contributed by atoms with Crippen molar-refractivity contribution in [2.45, 2.75) is 6.92 Å². The third-order valence-corrected chi connectivity index (χ3v) is 6.41. The standard InChI is InChI=1S/C21H14S2/c1-13-2-4-14(5-3-13)20-12-18-9-17-10-19-15(6-7-22-19)8-16(17)11-21(18)23-20/h2-12H,1H3. The van der Waals surface area contributed by atoms with Gasteiger partial charge < -0.3 is 0 Å². The number of hydrogen-bond acceptors (Lipinski definition) is 2. The number of benzene rings is 3. The fourth-order valence-electron chi connectivity index (χ4n) is 3.11. The van der Waals surface area contributed by atoms with Gasteiger partial charge in [0.05, 0.1) is 0 Å². The number of hydrogen-bond donors (Lipinski definition) is 0. The van der Waals surface area contributed by atoms with Gasteiger partial charge >= 0.3 is 0 Å². The Hall–Kier alpha value is -2.16. The summed E-state index contributed by atoms with van der Waals surface area (Å²) in [5.74, 6) is 0. The number of fused-ring (bicyclic) bond motifs is 3. The molecule has 110 valence electrons. The van der Waals surface area contributed by atoms with E-state index in [0.29, 0.717) is 0 Å². The van der Waals surface area contributed by atoms with Crippen LogP contribution >= 0.6 is 22.7 Å². The smallest absolute Gasteiger partial charge is 0.0355 e. The lowest BCUT2D eigenvalue weighted by Crippen LogP contribution is -1.73. The molecule has 2 aromatic heterocycles. The summed E-state index contributed by atoms with van der Waals surface area (Å²) < 4.78 is 2.73. The molecule has 3 aromatic carbocycles. The first-order valence-corrected chi connectivity index (χ1v) is 9.37. The second-order valence-corrected chi connectivity index (χ2v) is 8.06. The molecule has 5 rings (SSSR count). The highest BCUT2D eigenvalue weighted by molar-refractivity contribution is 7.22. The Balaban J connectivity index is 1.75. The van der Waals surface area contributed by atoms with Crippen LogP contribution in [0.15, 0.2) is 66.0 Å².